The molecule has 2 aromatic rings. The van der Waals surface area contributed by atoms with Crippen molar-refractivity contribution < 1.29 is 4.79 Å². The molecule has 0 aromatic heterocycles. The van der Waals surface area contributed by atoms with E-state index in [-0.39, 0.29) is 5.91 Å². The van der Waals surface area contributed by atoms with Crippen LogP contribution in [0.2, 0.25) is 0 Å². The first-order chi connectivity index (χ1) is 9.11. The lowest BCUT2D eigenvalue weighted by molar-refractivity contribution is 0.102. The first kappa shape index (κ1) is 13.8. The standard InChI is InChI=1S/C16H16BrNO/c1-11-4-3-5-12(2)15(11)18-16(19)14-8-6-13(10-17)7-9-14/h3-9H,10H2,1-2H3,(H,18,19). The molecule has 0 spiro atoms. The Labute approximate surface area is 122 Å². The highest BCUT2D eigenvalue weighted by Gasteiger charge is 2.09. The van der Waals surface area contributed by atoms with Gasteiger partial charge in [0, 0.05) is 16.6 Å². The third-order valence-electron chi connectivity index (χ3n) is 3.09. The summed E-state index contributed by atoms with van der Waals surface area (Å²) in [5.74, 6) is -0.0708. The maximum atomic E-state index is 12.2. The second-order valence-electron chi connectivity index (χ2n) is 4.55. The molecule has 0 heterocycles. The summed E-state index contributed by atoms with van der Waals surface area (Å²) < 4.78 is 0. The summed E-state index contributed by atoms with van der Waals surface area (Å²) in [6.07, 6.45) is 0. The molecule has 0 aliphatic heterocycles. The summed E-state index contributed by atoms with van der Waals surface area (Å²) in [6, 6.07) is 13.6. The van der Waals surface area contributed by atoms with Gasteiger partial charge in [0.05, 0.1) is 0 Å². The first-order valence-electron chi connectivity index (χ1n) is 6.14. The summed E-state index contributed by atoms with van der Waals surface area (Å²) >= 11 is 3.39. The highest BCUT2D eigenvalue weighted by Crippen LogP contribution is 2.20. The monoisotopic (exact) mass is 317 g/mol. The lowest BCUT2D eigenvalue weighted by Crippen LogP contribution is -2.13. The Bertz CT molecular complexity index is 570. The topological polar surface area (TPSA) is 29.1 Å². The van der Waals surface area contributed by atoms with E-state index in [1.54, 1.807) is 0 Å². The Morgan fingerprint density at radius 2 is 1.63 bits per heavy atom. The van der Waals surface area contributed by atoms with E-state index in [2.05, 4.69) is 21.2 Å². The predicted octanol–water partition coefficient (Wildman–Crippen LogP) is 4.45. The predicted molar refractivity (Wildman–Crippen MR) is 82.9 cm³/mol. The fourth-order valence-corrected chi connectivity index (χ4v) is 2.32. The number of hydrogen-bond acceptors (Lipinski definition) is 1. The lowest BCUT2D eigenvalue weighted by atomic mass is 10.1. The normalized spacial score (nSPS) is 10.3. The van der Waals surface area contributed by atoms with Crippen molar-refractivity contribution in [2.24, 2.45) is 0 Å². The van der Waals surface area contributed by atoms with Crippen molar-refractivity contribution in [1.82, 2.24) is 0 Å². The van der Waals surface area contributed by atoms with Crippen molar-refractivity contribution >= 4 is 27.5 Å². The molecule has 0 saturated carbocycles. The Morgan fingerprint density at radius 1 is 1.05 bits per heavy atom. The van der Waals surface area contributed by atoms with Crippen LogP contribution in [-0.4, -0.2) is 5.91 Å². The minimum atomic E-state index is -0.0708. The average Bonchev–Trinajstić information content (AvgIpc) is 2.43. The van der Waals surface area contributed by atoms with Crippen LogP contribution in [0.5, 0.6) is 0 Å². The third kappa shape index (κ3) is 3.24. The number of hydrogen-bond donors (Lipinski definition) is 1. The molecule has 0 unspecified atom stereocenters. The summed E-state index contributed by atoms with van der Waals surface area (Å²) in [6.45, 7) is 3.99. The molecule has 0 bridgehead atoms. The van der Waals surface area contributed by atoms with E-state index in [1.807, 2.05) is 56.3 Å². The van der Waals surface area contributed by atoms with Crippen molar-refractivity contribution in [3.8, 4) is 0 Å². The van der Waals surface area contributed by atoms with Crippen LogP contribution in [0, 0.1) is 13.8 Å². The molecule has 2 rings (SSSR count). The molecule has 98 valence electrons. The molecular weight excluding hydrogens is 302 g/mol. The number of amides is 1. The number of aryl methyl sites for hydroxylation is 2. The quantitative estimate of drug-likeness (QED) is 0.832. The van der Waals surface area contributed by atoms with Gasteiger partial charge in [-0.15, -0.1) is 0 Å². The van der Waals surface area contributed by atoms with Gasteiger partial charge in [0.15, 0.2) is 0 Å². The molecular formula is C16H16BrNO. The number of para-hydroxylation sites is 1. The van der Waals surface area contributed by atoms with E-state index in [0.717, 1.165) is 27.7 Å². The van der Waals surface area contributed by atoms with Crippen LogP contribution in [0.25, 0.3) is 0 Å². The number of carbonyl (C=O) groups is 1. The lowest BCUT2D eigenvalue weighted by Gasteiger charge is -2.11. The number of alkyl halides is 1. The molecule has 0 saturated heterocycles. The van der Waals surface area contributed by atoms with Gasteiger partial charge in [-0.2, -0.15) is 0 Å². The van der Waals surface area contributed by atoms with Crippen LogP contribution in [0.15, 0.2) is 42.5 Å². The highest BCUT2D eigenvalue weighted by atomic mass is 79.9. The van der Waals surface area contributed by atoms with Gasteiger partial charge in [0.2, 0.25) is 0 Å². The maximum Gasteiger partial charge on any atom is 0.255 e. The second kappa shape index (κ2) is 6.02. The molecule has 0 atom stereocenters. The Balaban J connectivity index is 2.20. The van der Waals surface area contributed by atoms with E-state index in [1.165, 1.54) is 0 Å². The zero-order valence-electron chi connectivity index (χ0n) is 11.0. The van der Waals surface area contributed by atoms with Crippen molar-refractivity contribution in [3.05, 3.63) is 64.7 Å². The van der Waals surface area contributed by atoms with Gasteiger partial charge >= 0.3 is 0 Å². The Hall–Kier alpha value is -1.61. The van der Waals surface area contributed by atoms with Crippen LogP contribution in [0.3, 0.4) is 0 Å². The SMILES string of the molecule is Cc1cccc(C)c1NC(=O)c1ccc(CBr)cc1. The molecule has 0 aliphatic rings. The fraction of sp³-hybridized carbons (Fsp3) is 0.188. The van der Waals surface area contributed by atoms with Crippen LogP contribution < -0.4 is 5.32 Å². The largest absolute Gasteiger partial charge is 0.322 e. The number of halogens is 1. The van der Waals surface area contributed by atoms with Crippen molar-refractivity contribution in [1.29, 1.82) is 0 Å². The van der Waals surface area contributed by atoms with Gasteiger partial charge in [-0.3, -0.25) is 4.79 Å². The number of benzene rings is 2. The second-order valence-corrected chi connectivity index (χ2v) is 5.11. The van der Waals surface area contributed by atoms with E-state index in [0.29, 0.717) is 5.56 Å². The molecule has 0 radical (unpaired) electrons. The van der Waals surface area contributed by atoms with Crippen molar-refractivity contribution in [3.63, 3.8) is 0 Å². The number of anilines is 1. The smallest absolute Gasteiger partial charge is 0.255 e. The molecule has 0 fully saturated rings. The zero-order chi connectivity index (χ0) is 13.8. The molecule has 1 N–H and O–H groups in total. The van der Waals surface area contributed by atoms with Crippen LogP contribution in [-0.2, 0) is 5.33 Å². The third-order valence-corrected chi connectivity index (χ3v) is 3.74. The molecule has 2 aromatic carbocycles. The maximum absolute atomic E-state index is 12.2. The van der Waals surface area contributed by atoms with Crippen LogP contribution in [0.4, 0.5) is 5.69 Å². The summed E-state index contributed by atoms with van der Waals surface area (Å²) in [4.78, 5) is 12.2. The molecule has 3 heteroatoms. The summed E-state index contributed by atoms with van der Waals surface area (Å²) in [7, 11) is 0. The van der Waals surface area contributed by atoms with E-state index >= 15 is 0 Å². The molecule has 2 nitrogen and oxygen atoms in total. The van der Waals surface area contributed by atoms with E-state index in [9.17, 15) is 4.79 Å². The van der Waals surface area contributed by atoms with Crippen molar-refractivity contribution in [2.45, 2.75) is 19.2 Å². The van der Waals surface area contributed by atoms with Gasteiger partial charge in [0.25, 0.3) is 5.91 Å². The van der Waals surface area contributed by atoms with Gasteiger partial charge in [-0.05, 0) is 42.7 Å². The minimum absolute atomic E-state index is 0.0708. The Morgan fingerprint density at radius 3 is 2.16 bits per heavy atom. The van der Waals surface area contributed by atoms with E-state index < -0.39 is 0 Å². The first-order valence-corrected chi connectivity index (χ1v) is 7.26. The van der Waals surface area contributed by atoms with Gasteiger partial charge < -0.3 is 5.32 Å². The molecule has 0 aliphatic carbocycles. The van der Waals surface area contributed by atoms with Crippen LogP contribution in [0.1, 0.15) is 27.0 Å². The fourth-order valence-electron chi connectivity index (χ4n) is 1.94. The summed E-state index contributed by atoms with van der Waals surface area (Å²) in [5.41, 5.74) is 4.88. The van der Waals surface area contributed by atoms with Gasteiger partial charge in [0.1, 0.15) is 0 Å². The Kier molecular flexibility index (Phi) is 4.38. The van der Waals surface area contributed by atoms with Crippen molar-refractivity contribution in [2.75, 3.05) is 5.32 Å². The van der Waals surface area contributed by atoms with Gasteiger partial charge in [-0.1, -0.05) is 46.3 Å². The minimum Gasteiger partial charge on any atom is -0.322 e. The molecule has 19 heavy (non-hydrogen) atoms. The number of carbonyl (C=O) groups excluding carboxylic acids is 1. The van der Waals surface area contributed by atoms with E-state index in [4.69, 9.17) is 0 Å². The highest BCUT2D eigenvalue weighted by molar-refractivity contribution is 9.08. The number of nitrogens with one attached hydrogen (secondary N) is 1. The zero-order valence-corrected chi connectivity index (χ0v) is 12.6. The van der Waals surface area contributed by atoms with Gasteiger partial charge in [-0.25, -0.2) is 0 Å². The van der Waals surface area contributed by atoms with Crippen LogP contribution >= 0.6 is 15.9 Å². The summed E-state index contributed by atoms with van der Waals surface area (Å²) in [5, 5.41) is 3.78. The average molecular weight is 318 g/mol. The molecule has 1 amide bonds. The number of rotatable bonds is 3.